The van der Waals surface area contributed by atoms with E-state index in [-0.39, 0.29) is 5.97 Å². The average Bonchev–Trinajstić information content (AvgIpc) is 2.53. The average molecular weight is 295 g/mol. The van der Waals surface area contributed by atoms with Crippen LogP contribution >= 0.6 is 0 Å². The van der Waals surface area contributed by atoms with Crippen molar-refractivity contribution in [3.63, 3.8) is 0 Å². The number of hydrogen-bond donors (Lipinski definition) is 1. The van der Waals surface area contributed by atoms with Gasteiger partial charge in [-0.3, -0.25) is 4.79 Å². The minimum Gasteiger partial charge on any atom is -0.489 e. The fraction of sp³-hybridized carbons (Fsp3) is 0.167. The zero-order valence-corrected chi connectivity index (χ0v) is 12.3. The van der Waals surface area contributed by atoms with Crippen LogP contribution in [0.3, 0.4) is 0 Å². The molecule has 0 radical (unpaired) electrons. The fourth-order valence-electron chi connectivity index (χ4n) is 2.33. The van der Waals surface area contributed by atoms with Crippen molar-refractivity contribution >= 4 is 17.7 Å². The Balaban J connectivity index is 1.71. The van der Waals surface area contributed by atoms with E-state index in [4.69, 9.17) is 9.47 Å². The highest BCUT2D eigenvalue weighted by Crippen LogP contribution is 2.27. The van der Waals surface area contributed by atoms with E-state index in [1.165, 1.54) is 6.92 Å². The lowest BCUT2D eigenvalue weighted by Crippen LogP contribution is -2.15. The second-order valence-electron chi connectivity index (χ2n) is 5.07. The molecule has 2 aromatic rings. The van der Waals surface area contributed by atoms with Crippen molar-refractivity contribution in [3.05, 3.63) is 59.7 Å². The molecule has 0 aromatic heterocycles. The van der Waals surface area contributed by atoms with Gasteiger partial charge in [0.2, 0.25) is 0 Å². The van der Waals surface area contributed by atoms with Gasteiger partial charge in [-0.25, -0.2) is 0 Å². The minimum absolute atomic E-state index is 0.330. The van der Waals surface area contributed by atoms with Gasteiger partial charge in [-0.1, -0.05) is 30.3 Å². The van der Waals surface area contributed by atoms with E-state index >= 15 is 0 Å². The second-order valence-corrected chi connectivity index (χ2v) is 5.07. The van der Waals surface area contributed by atoms with Crippen molar-refractivity contribution in [3.8, 4) is 11.5 Å². The lowest BCUT2D eigenvalue weighted by atomic mass is 10.1. The van der Waals surface area contributed by atoms with E-state index in [2.05, 4.69) is 11.4 Å². The molecule has 112 valence electrons. The van der Waals surface area contributed by atoms with E-state index < -0.39 is 0 Å². The summed E-state index contributed by atoms with van der Waals surface area (Å²) < 4.78 is 10.9. The molecule has 22 heavy (non-hydrogen) atoms. The third-order valence-corrected chi connectivity index (χ3v) is 3.34. The van der Waals surface area contributed by atoms with Crippen LogP contribution in [-0.2, 0) is 4.79 Å². The normalized spacial score (nSPS) is 12.7. The molecule has 1 heterocycles. The molecule has 0 saturated heterocycles. The number of carbonyl (C=O) groups is 1. The molecular weight excluding hydrogens is 278 g/mol. The van der Waals surface area contributed by atoms with Gasteiger partial charge in [-0.05, 0) is 29.8 Å². The van der Waals surface area contributed by atoms with Gasteiger partial charge in [0.1, 0.15) is 12.4 Å². The Morgan fingerprint density at radius 3 is 2.82 bits per heavy atom. The molecule has 1 aliphatic rings. The SMILES string of the molecule is CC(=O)Oc1ccccc1NCC1=Cc2ccccc2OC1. The quantitative estimate of drug-likeness (QED) is 0.693. The molecule has 0 aliphatic carbocycles. The van der Waals surface area contributed by atoms with Crippen molar-refractivity contribution in [2.24, 2.45) is 0 Å². The lowest BCUT2D eigenvalue weighted by molar-refractivity contribution is -0.131. The highest BCUT2D eigenvalue weighted by atomic mass is 16.5. The summed E-state index contributed by atoms with van der Waals surface area (Å²) in [6.07, 6.45) is 2.13. The number of anilines is 1. The Kier molecular flexibility index (Phi) is 4.10. The molecule has 0 saturated carbocycles. The van der Waals surface area contributed by atoms with Crippen molar-refractivity contribution in [1.82, 2.24) is 0 Å². The first-order valence-electron chi connectivity index (χ1n) is 7.15. The topological polar surface area (TPSA) is 47.6 Å². The predicted molar refractivity (Wildman–Crippen MR) is 86.2 cm³/mol. The van der Waals surface area contributed by atoms with Crippen molar-refractivity contribution in [2.75, 3.05) is 18.5 Å². The molecule has 0 fully saturated rings. The molecule has 0 unspecified atom stereocenters. The number of benzene rings is 2. The molecule has 2 aromatic carbocycles. The maximum absolute atomic E-state index is 11.1. The number of fused-ring (bicyclic) bond motifs is 1. The summed E-state index contributed by atoms with van der Waals surface area (Å²) in [7, 11) is 0. The first kappa shape index (κ1) is 14.2. The van der Waals surface area contributed by atoms with Gasteiger partial charge in [-0.2, -0.15) is 0 Å². The number of rotatable bonds is 4. The van der Waals surface area contributed by atoms with E-state index in [1.54, 1.807) is 6.07 Å². The van der Waals surface area contributed by atoms with Crippen molar-refractivity contribution in [1.29, 1.82) is 0 Å². The Bertz CT molecular complexity index is 722. The molecule has 4 nitrogen and oxygen atoms in total. The molecule has 4 heteroatoms. The summed E-state index contributed by atoms with van der Waals surface area (Å²) in [4.78, 5) is 11.1. The van der Waals surface area contributed by atoms with Gasteiger partial charge in [0.15, 0.2) is 5.75 Å². The molecule has 0 atom stereocenters. The maximum atomic E-state index is 11.1. The third kappa shape index (κ3) is 3.28. The van der Waals surface area contributed by atoms with Crippen LogP contribution in [0.4, 0.5) is 5.69 Å². The van der Waals surface area contributed by atoms with Crippen LogP contribution in [0.15, 0.2) is 54.1 Å². The first-order chi connectivity index (χ1) is 10.7. The maximum Gasteiger partial charge on any atom is 0.308 e. The van der Waals surface area contributed by atoms with Crippen molar-refractivity contribution < 1.29 is 14.3 Å². The van der Waals surface area contributed by atoms with Gasteiger partial charge in [-0.15, -0.1) is 0 Å². The standard InChI is InChI=1S/C18H17NO3/c1-13(20)22-18-9-5-3-7-16(18)19-11-14-10-15-6-2-4-8-17(15)21-12-14/h2-10,19H,11-12H2,1H3. The summed E-state index contributed by atoms with van der Waals surface area (Å²) in [5.74, 6) is 1.11. The number of esters is 1. The number of nitrogens with one attached hydrogen (secondary N) is 1. The van der Waals surface area contributed by atoms with E-state index in [1.807, 2.05) is 42.5 Å². The Labute approximate surface area is 129 Å². The van der Waals surface area contributed by atoms with Crippen molar-refractivity contribution in [2.45, 2.75) is 6.92 Å². The number of hydrogen-bond acceptors (Lipinski definition) is 4. The Morgan fingerprint density at radius 2 is 1.95 bits per heavy atom. The number of ether oxygens (including phenoxy) is 2. The third-order valence-electron chi connectivity index (χ3n) is 3.34. The van der Waals surface area contributed by atoms with Crippen LogP contribution < -0.4 is 14.8 Å². The highest BCUT2D eigenvalue weighted by molar-refractivity contribution is 5.73. The van der Waals surface area contributed by atoms with Crippen LogP contribution in [0.5, 0.6) is 11.5 Å². The number of carbonyl (C=O) groups excluding carboxylic acids is 1. The largest absolute Gasteiger partial charge is 0.489 e. The smallest absolute Gasteiger partial charge is 0.308 e. The summed E-state index contributed by atoms with van der Waals surface area (Å²) in [6.45, 7) is 2.58. The summed E-state index contributed by atoms with van der Waals surface area (Å²) >= 11 is 0. The fourth-order valence-corrected chi connectivity index (χ4v) is 2.33. The molecule has 1 aliphatic heterocycles. The van der Waals surface area contributed by atoms with Gasteiger partial charge in [0.25, 0.3) is 0 Å². The molecule has 0 bridgehead atoms. The van der Waals surface area contributed by atoms with Crippen LogP contribution in [0.1, 0.15) is 12.5 Å². The van der Waals surface area contributed by atoms with Gasteiger partial charge < -0.3 is 14.8 Å². The van der Waals surface area contributed by atoms with Gasteiger partial charge in [0, 0.05) is 19.0 Å². The van der Waals surface area contributed by atoms with Crippen LogP contribution in [-0.4, -0.2) is 19.1 Å². The zero-order valence-electron chi connectivity index (χ0n) is 12.3. The summed E-state index contributed by atoms with van der Waals surface area (Å²) in [5, 5.41) is 3.29. The Hall–Kier alpha value is -2.75. The van der Waals surface area contributed by atoms with Crippen LogP contribution in [0, 0.1) is 0 Å². The number of para-hydroxylation sites is 3. The highest BCUT2D eigenvalue weighted by Gasteiger charge is 2.11. The monoisotopic (exact) mass is 295 g/mol. The Morgan fingerprint density at radius 1 is 1.18 bits per heavy atom. The summed E-state index contributed by atoms with van der Waals surface area (Å²) in [5.41, 5.74) is 3.01. The van der Waals surface area contributed by atoms with E-state index in [0.717, 1.165) is 22.6 Å². The first-order valence-corrected chi connectivity index (χ1v) is 7.15. The molecule has 3 rings (SSSR count). The van der Waals surface area contributed by atoms with E-state index in [9.17, 15) is 4.79 Å². The second kappa shape index (κ2) is 6.35. The molecular formula is C18H17NO3. The zero-order chi connectivity index (χ0) is 15.4. The lowest BCUT2D eigenvalue weighted by Gasteiger charge is -2.19. The molecule has 0 spiro atoms. The van der Waals surface area contributed by atoms with Gasteiger partial charge >= 0.3 is 5.97 Å². The van der Waals surface area contributed by atoms with Gasteiger partial charge in [0.05, 0.1) is 5.69 Å². The molecule has 1 N–H and O–H groups in total. The molecule has 0 amide bonds. The minimum atomic E-state index is -0.330. The van der Waals surface area contributed by atoms with Crippen LogP contribution in [0.25, 0.3) is 6.08 Å². The van der Waals surface area contributed by atoms with Crippen LogP contribution in [0.2, 0.25) is 0 Å². The van der Waals surface area contributed by atoms with E-state index in [0.29, 0.717) is 18.9 Å². The predicted octanol–water partition coefficient (Wildman–Crippen LogP) is 3.50. The summed E-state index contributed by atoms with van der Waals surface area (Å²) in [6, 6.07) is 15.3.